The first-order valence-corrected chi connectivity index (χ1v) is 6.82. The van der Waals surface area contributed by atoms with E-state index in [2.05, 4.69) is 25.3 Å². The largest absolute Gasteiger partial charge is 0.335 e. The number of pyridine rings is 1. The molecule has 116 valence electrons. The van der Waals surface area contributed by atoms with Crippen molar-refractivity contribution in [3.63, 3.8) is 0 Å². The van der Waals surface area contributed by atoms with Crippen molar-refractivity contribution in [1.29, 1.82) is 0 Å². The van der Waals surface area contributed by atoms with E-state index >= 15 is 0 Å². The van der Waals surface area contributed by atoms with Crippen LogP contribution in [-0.4, -0.2) is 33.1 Å². The normalized spacial score (nSPS) is 10.5. The van der Waals surface area contributed by atoms with Crippen molar-refractivity contribution in [2.45, 2.75) is 6.92 Å². The Morgan fingerprint density at radius 2 is 2.13 bits per heavy atom. The number of carbonyl (C=O) groups is 1. The Morgan fingerprint density at radius 1 is 1.30 bits per heavy atom. The summed E-state index contributed by atoms with van der Waals surface area (Å²) in [6.07, 6.45) is 1.30. The molecule has 3 aromatic rings. The number of benzene rings is 1. The van der Waals surface area contributed by atoms with Gasteiger partial charge in [-0.15, -0.1) is 0 Å². The van der Waals surface area contributed by atoms with Crippen LogP contribution in [0.2, 0.25) is 0 Å². The summed E-state index contributed by atoms with van der Waals surface area (Å²) in [6.45, 7) is 1.94. The molecule has 0 spiro atoms. The summed E-state index contributed by atoms with van der Waals surface area (Å²) >= 11 is 0. The van der Waals surface area contributed by atoms with E-state index in [1.807, 2.05) is 25.1 Å². The summed E-state index contributed by atoms with van der Waals surface area (Å²) in [5.74, 6) is -0.0696. The van der Waals surface area contributed by atoms with Crippen molar-refractivity contribution >= 4 is 28.3 Å². The van der Waals surface area contributed by atoms with Gasteiger partial charge in [-0.05, 0) is 25.1 Å². The minimum absolute atomic E-state index is 0.228. The number of hydrogen-bond donors (Lipinski definition) is 2. The molecule has 3 rings (SSSR count). The lowest BCUT2D eigenvalue weighted by Crippen LogP contribution is -2.14. The van der Waals surface area contributed by atoms with Gasteiger partial charge in [-0.1, -0.05) is 11.6 Å². The Morgan fingerprint density at radius 3 is 2.83 bits per heavy atom. The number of anilines is 1. The smallest absolute Gasteiger partial charge is 0.305 e. The van der Waals surface area contributed by atoms with Gasteiger partial charge in [0.1, 0.15) is 12.0 Å². The zero-order chi connectivity index (χ0) is 16.4. The molecule has 1 amide bonds. The number of rotatable bonds is 4. The first kappa shape index (κ1) is 14.6. The molecule has 8 heteroatoms. The maximum atomic E-state index is 12.3. The van der Waals surface area contributed by atoms with Gasteiger partial charge < -0.3 is 5.32 Å². The van der Waals surface area contributed by atoms with Crippen LogP contribution in [0.15, 0.2) is 36.5 Å². The van der Waals surface area contributed by atoms with Crippen LogP contribution in [0.5, 0.6) is 0 Å². The van der Waals surface area contributed by atoms with Crippen LogP contribution in [0.3, 0.4) is 0 Å². The van der Waals surface area contributed by atoms with Gasteiger partial charge in [-0.25, -0.2) is 9.82 Å². The van der Waals surface area contributed by atoms with E-state index < -0.39 is 0 Å². The van der Waals surface area contributed by atoms with Crippen LogP contribution in [0.1, 0.15) is 16.1 Å². The lowest BCUT2D eigenvalue weighted by atomic mass is 10.1. The predicted octanol–water partition coefficient (Wildman–Crippen LogP) is 2.49. The third kappa shape index (κ3) is 2.86. The number of aryl methyl sites for hydroxylation is 1. The molecule has 8 nitrogen and oxygen atoms in total. The molecule has 2 N–H and O–H groups in total. The number of aromatic nitrogens is 3. The molecule has 0 unspecified atom stereocenters. The molecule has 0 fully saturated rings. The Balaban J connectivity index is 1.83. The van der Waals surface area contributed by atoms with Gasteiger partial charge >= 0.3 is 5.69 Å². The fourth-order valence-electron chi connectivity index (χ4n) is 2.15. The van der Waals surface area contributed by atoms with Crippen molar-refractivity contribution in [2.75, 3.05) is 12.4 Å². The first-order chi connectivity index (χ1) is 11.1. The molecular formula is C15H14N5O3+. The van der Waals surface area contributed by atoms with Crippen LogP contribution in [0.4, 0.5) is 11.5 Å². The summed E-state index contributed by atoms with van der Waals surface area (Å²) in [4.78, 5) is 32.4. The van der Waals surface area contributed by atoms with Gasteiger partial charge in [-0.2, -0.15) is 5.10 Å². The Bertz CT molecular complexity index is 886. The van der Waals surface area contributed by atoms with E-state index in [0.717, 1.165) is 16.5 Å². The molecule has 0 saturated heterocycles. The zero-order valence-electron chi connectivity index (χ0n) is 12.5. The standard InChI is InChI=1S/C15H13N5O3/c1-9-3-5-12-11(7-9)14(19-18-12)15(21)17-13-6-4-10(8-16-13)20(22)23-2/h3-8H,1-2H3,(H-,16,17,18,19,21,22)/p+1. The minimum Gasteiger partial charge on any atom is -0.305 e. The second-order valence-electron chi connectivity index (χ2n) is 4.92. The Hall–Kier alpha value is -3.29. The highest BCUT2D eigenvalue weighted by atomic mass is 16.8. The van der Waals surface area contributed by atoms with E-state index in [0.29, 0.717) is 10.7 Å². The van der Waals surface area contributed by atoms with Crippen molar-refractivity contribution in [2.24, 2.45) is 0 Å². The molecule has 0 atom stereocenters. The molecular weight excluding hydrogens is 298 g/mol. The molecule has 23 heavy (non-hydrogen) atoms. The summed E-state index contributed by atoms with van der Waals surface area (Å²) in [7, 11) is 1.26. The highest BCUT2D eigenvalue weighted by molar-refractivity contribution is 6.10. The number of aromatic amines is 1. The molecule has 0 radical (unpaired) electrons. The van der Waals surface area contributed by atoms with Crippen molar-refractivity contribution in [3.05, 3.63) is 52.7 Å². The van der Waals surface area contributed by atoms with E-state index in [-0.39, 0.29) is 17.3 Å². The molecule has 2 heterocycles. The molecule has 0 aliphatic carbocycles. The minimum atomic E-state index is -0.382. The van der Waals surface area contributed by atoms with Gasteiger partial charge in [0.15, 0.2) is 12.8 Å². The number of nitrogens with one attached hydrogen (secondary N) is 2. The quantitative estimate of drug-likeness (QED) is 0.721. The van der Waals surface area contributed by atoms with Gasteiger partial charge in [0.05, 0.1) is 10.4 Å². The monoisotopic (exact) mass is 312 g/mol. The maximum absolute atomic E-state index is 12.3. The van der Waals surface area contributed by atoms with Crippen LogP contribution in [0.25, 0.3) is 10.9 Å². The van der Waals surface area contributed by atoms with Crippen molar-refractivity contribution in [3.8, 4) is 0 Å². The second kappa shape index (κ2) is 5.84. The van der Waals surface area contributed by atoms with Crippen LogP contribution in [0, 0.1) is 11.8 Å². The molecule has 0 bridgehead atoms. The summed E-state index contributed by atoms with van der Waals surface area (Å²) in [5, 5.41) is 10.3. The van der Waals surface area contributed by atoms with Crippen LogP contribution >= 0.6 is 0 Å². The molecule has 2 aromatic heterocycles. The van der Waals surface area contributed by atoms with E-state index in [1.54, 1.807) is 0 Å². The molecule has 1 aromatic carbocycles. The highest BCUT2D eigenvalue weighted by Gasteiger charge is 2.17. The van der Waals surface area contributed by atoms with E-state index in [4.69, 9.17) is 0 Å². The van der Waals surface area contributed by atoms with Crippen molar-refractivity contribution in [1.82, 2.24) is 15.2 Å². The summed E-state index contributed by atoms with van der Waals surface area (Å²) in [5.41, 5.74) is 2.33. The molecule has 0 aliphatic heterocycles. The number of nitrogens with zero attached hydrogens (tertiary/aromatic N) is 3. The lowest BCUT2D eigenvalue weighted by molar-refractivity contribution is -0.736. The number of fused-ring (bicyclic) bond motifs is 1. The number of hydrogen-bond acceptors (Lipinski definition) is 5. The van der Waals surface area contributed by atoms with Crippen LogP contribution in [-0.2, 0) is 4.84 Å². The SMILES string of the molecule is CO[N+](=O)c1ccc(NC(=O)c2n[nH]c3ccc(C)cc23)nc1. The van der Waals surface area contributed by atoms with Gasteiger partial charge in [0.2, 0.25) is 0 Å². The Labute approximate surface area is 131 Å². The predicted molar refractivity (Wildman–Crippen MR) is 83.3 cm³/mol. The fourth-order valence-corrected chi connectivity index (χ4v) is 2.15. The number of carbonyl (C=O) groups excluding carboxylic acids is 1. The maximum Gasteiger partial charge on any atom is 0.335 e. The first-order valence-electron chi connectivity index (χ1n) is 6.82. The molecule has 0 saturated carbocycles. The third-order valence-corrected chi connectivity index (χ3v) is 3.30. The summed E-state index contributed by atoms with van der Waals surface area (Å²) in [6, 6.07) is 8.70. The van der Waals surface area contributed by atoms with Crippen LogP contribution < -0.4 is 5.32 Å². The average molecular weight is 312 g/mol. The lowest BCUT2D eigenvalue weighted by Gasteiger charge is -2.02. The Kier molecular flexibility index (Phi) is 3.71. The van der Waals surface area contributed by atoms with Gasteiger partial charge in [-0.3, -0.25) is 9.89 Å². The highest BCUT2D eigenvalue weighted by Crippen LogP contribution is 2.19. The zero-order valence-corrected chi connectivity index (χ0v) is 12.5. The fraction of sp³-hybridized carbons (Fsp3) is 0.133. The third-order valence-electron chi connectivity index (χ3n) is 3.30. The summed E-state index contributed by atoms with van der Waals surface area (Å²) < 4.78 is 0. The van der Waals surface area contributed by atoms with E-state index in [9.17, 15) is 9.70 Å². The van der Waals surface area contributed by atoms with Gasteiger partial charge in [0, 0.05) is 11.5 Å². The van der Waals surface area contributed by atoms with E-state index in [1.165, 1.54) is 25.4 Å². The van der Waals surface area contributed by atoms with Gasteiger partial charge in [0.25, 0.3) is 10.8 Å². The van der Waals surface area contributed by atoms with Crippen molar-refractivity contribution < 1.29 is 14.6 Å². The molecule has 0 aliphatic rings. The topological polar surface area (TPSA) is 100.0 Å². The number of amides is 1. The average Bonchev–Trinajstić information content (AvgIpc) is 2.98. The second-order valence-corrected chi connectivity index (χ2v) is 4.92. The number of H-pyrrole nitrogens is 1.